The first kappa shape index (κ1) is 22.1. The number of ether oxygens (including phenoxy) is 1. The number of carbonyl (C=O) groups is 1. The van der Waals surface area contributed by atoms with Gasteiger partial charge in [-0.1, -0.05) is 42.5 Å². The molecule has 1 aliphatic heterocycles. The summed E-state index contributed by atoms with van der Waals surface area (Å²) in [6, 6.07) is 18.3. The van der Waals surface area contributed by atoms with E-state index < -0.39 is 0 Å². The van der Waals surface area contributed by atoms with Crippen molar-refractivity contribution in [3.8, 4) is 17.1 Å². The summed E-state index contributed by atoms with van der Waals surface area (Å²) in [5.41, 5.74) is 2.36. The Kier molecular flexibility index (Phi) is 7.59. The maximum Gasteiger partial charge on any atom is 0.223 e. The van der Waals surface area contributed by atoms with E-state index in [1.165, 1.54) is 12.0 Å². The molecule has 5 nitrogen and oxygen atoms in total. The number of aromatic nitrogens is 1. The van der Waals surface area contributed by atoms with E-state index in [0.717, 1.165) is 49.4 Å². The van der Waals surface area contributed by atoms with Crippen molar-refractivity contribution in [2.24, 2.45) is 5.92 Å². The third-order valence-corrected chi connectivity index (χ3v) is 6.21. The van der Waals surface area contributed by atoms with Crippen molar-refractivity contribution in [2.45, 2.75) is 45.4 Å². The van der Waals surface area contributed by atoms with Crippen LogP contribution in [-0.2, 0) is 17.6 Å². The Hall–Kier alpha value is -3.08. The number of rotatable bonds is 9. The zero-order chi connectivity index (χ0) is 22.2. The van der Waals surface area contributed by atoms with Gasteiger partial charge in [0.2, 0.25) is 5.91 Å². The lowest BCUT2D eigenvalue weighted by Gasteiger charge is -2.32. The Morgan fingerprint density at radius 1 is 1.06 bits per heavy atom. The van der Waals surface area contributed by atoms with Crippen molar-refractivity contribution in [3.63, 3.8) is 0 Å². The molecule has 0 aliphatic carbocycles. The molecule has 0 radical (unpaired) electrons. The molecule has 1 aliphatic rings. The number of hydrogen-bond donors (Lipinski definition) is 0. The van der Waals surface area contributed by atoms with E-state index in [4.69, 9.17) is 9.15 Å². The number of nitrogens with zero attached hydrogens (tertiary/aromatic N) is 2. The van der Waals surface area contributed by atoms with Crippen LogP contribution in [0.5, 0.6) is 5.75 Å². The summed E-state index contributed by atoms with van der Waals surface area (Å²) >= 11 is 0. The van der Waals surface area contributed by atoms with Crippen molar-refractivity contribution in [1.29, 1.82) is 0 Å². The summed E-state index contributed by atoms with van der Waals surface area (Å²) in [6.45, 7) is 4.41. The van der Waals surface area contributed by atoms with Gasteiger partial charge in [0, 0.05) is 31.5 Å². The molecule has 0 N–H and O–H groups in total. The van der Waals surface area contributed by atoms with Gasteiger partial charge in [0.15, 0.2) is 11.7 Å². The van der Waals surface area contributed by atoms with Crippen LogP contribution < -0.4 is 4.74 Å². The van der Waals surface area contributed by atoms with Gasteiger partial charge in [-0.25, -0.2) is 4.98 Å². The van der Waals surface area contributed by atoms with Crippen LogP contribution >= 0.6 is 0 Å². The van der Waals surface area contributed by atoms with Gasteiger partial charge in [-0.2, -0.15) is 0 Å². The smallest absolute Gasteiger partial charge is 0.223 e. The molecule has 0 bridgehead atoms. The minimum atomic E-state index is 0.203. The molecule has 2 aromatic carbocycles. The molecule has 5 heteroatoms. The maximum atomic E-state index is 12.7. The quantitative estimate of drug-likeness (QED) is 0.445. The highest BCUT2D eigenvalue weighted by Crippen LogP contribution is 2.24. The molecule has 1 amide bonds. The van der Waals surface area contributed by atoms with Gasteiger partial charge in [-0.3, -0.25) is 4.79 Å². The molecule has 1 aromatic heterocycles. The Labute approximate surface area is 190 Å². The predicted octanol–water partition coefficient (Wildman–Crippen LogP) is 5.54. The lowest BCUT2D eigenvalue weighted by molar-refractivity contribution is -0.132. The van der Waals surface area contributed by atoms with Crippen LogP contribution in [0.15, 0.2) is 65.2 Å². The van der Waals surface area contributed by atoms with Crippen LogP contribution in [0.3, 0.4) is 0 Å². The van der Waals surface area contributed by atoms with Crippen molar-refractivity contribution in [1.82, 2.24) is 9.88 Å². The number of aryl methyl sites for hydroxylation is 2. The monoisotopic (exact) mass is 432 g/mol. The first-order chi connectivity index (χ1) is 15.7. The predicted molar refractivity (Wildman–Crippen MR) is 125 cm³/mol. The second-order valence-electron chi connectivity index (χ2n) is 8.42. The Morgan fingerprint density at radius 3 is 2.53 bits per heavy atom. The third kappa shape index (κ3) is 6.00. The number of amides is 1. The van der Waals surface area contributed by atoms with E-state index in [-0.39, 0.29) is 5.91 Å². The first-order valence-corrected chi connectivity index (χ1v) is 11.7. The van der Waals surface area contributed by atoms with Crippen molar-refractivity contribution >= 4 is 5.91 Å². The molecule has 3 aromatic rings. The average molecular weight is 433 g/mol. The van der Waals surface area contributed by atoms with Crippen LogP contribution in [0.4, 0.5) is 0 Å². The van der Waals surface area contributed by atoms with Gasteiger partial charge in [-0.15, -0.1) is 0 Å². The van der Waals surface area contributed by atoms with E-state index in [1.807, 2.05) is 42.2 Å². The van der Waals surface area contributed by atoms with Crippen LogP contribution in [0.25, 0.3) is 11.3 Å². The highest BCUT2D eigenvalue weighted by molar-refractivity contribution is 5.76. The molecular formula is C27H32N2O3. The average Bonchev–Trinajstić information content (AvgIpc) is 3.32. The Balaban J connectivity index is 1.17. The molecule has 32 heavy (non-hydrogen) atoms. The summed E-state index contributed by atoms with van der Waals surface area (Å²) < 4.78 is 11.3. The Morgan fingerprint density at radius 2 is 1.81 bits per heavy atom. The van der Waals surface area contributed by atoms with E-state index in [9.17, 15) is 4.79 Å². The van der Waals surface area contributed by atoms with Crippen LogP contribution in [0, 0.1) is 5.92 Å². The fraction of sp³-hybridized carbons (Fsp3) is 0.407. The minimum Gasteiger partial charge on any atom is -0.494 e. The molecule has 1 saturated heterocycles. The third-order valence-electron chi connectivity index (χ3n) is 6.21. The number of carbonyl (C=O) groups excluding carboxylic acids is 1. The van der Waals surface area contributed by atoms with E-state index >= 15 is 0 Å². The number of oxazole rings is 1. The summed E-state index contributed by atoms with van der Waals surface area (Å²) in [5, 5.41) is 0. The number of hydrogen-bond acceptors (Lipinski definition) is 4. The summed E-state index contributed by atoms with van der Waals surface area (Å²) in [7, 11) is 0. The fourth-order valence-corrected chi connectivity index (χ4v) is 4.29. The van der Waals surface area contributed by atoms with Gasteiger partial charge < -0.3 is 14.1 Å². The van der Waals surface area contributed by atoms with Crippen molar-refractivity contribution in [2.75, 3.05) is 19.7 Å². The molecule has 0 atom stereocenters. The highest BCUT2D eigenvalue weighted by Gasteiger charge is 2.23. The van der Waals surface area contributed by atoms with Gasteiger partial charge in [-0.05, 0) is 56.2 Å². The van der Waals surface area contributed by atoms with E-state index in [0.29, 0.717) is 31.3 Å². The van der Waals surface area contributed by atoms with E-state index in [2.05, 4.69) is 29.2 Å². The topological polar surface area (TPSA) is 55.6 Å². The Bertz CT molecular complexity index is 974. The SMILES string of the molecule is CCOc1ccc(CCC2CCN(C(=O)CCc3ncc(-c4ccccc4)o3)CC2)cc1. The lowest BCUT2D eigenvalue weighted by Crippen LogP contribution is -2.38. The molecule has 168 valence electrons. The molecule has 1 fully saturated rings. The minimum absolute atomic E-state index is 0.203. The van der Waals surface area contributed by atoms with Gasteiger partial charge in [0.25, 0.3) is 0 Å². The van der Waals surface area contributed by atoms with Crippen molar-refractivity contribution < 1.29 is 13.9 Å². The molecule has 2 heterocycles. The first-order valence-electron chi connectivity index (χ1n) is 11.7. The second kappa shape index (κ2) is 11.0. The molecule has 0 spiro atoms. The number of benzene rings is 2. The molecule has 4 rings (SSSR count). The molecule has 0 saturated carbocycles. The second-order valence-corrected chi connectivity index (χ2v) is 8.42. The summed E-state index contributed by atoms with van der Waals surface area (Å²) in [4.78, 5) is 19.0. The normalized spacial score (nSPS) is 14.5. The zero-order valence-electron chi connectivity index (χ0n) is 18.8. The molecular weight excluding hydrogens is 400 g/mol. The highest BCUT2D eigenvalue weighted by atomic mass is 16.5. The zero-order valence-corrected chi connectivity index (χ0v) is 18.8. The van der Waals surface area contributed by atoms with Crippen LogP contribution in [0.1, 0.15) is 44.1 Å². The van der Waals surface area contributed by atoms with Gasteiger partial charge >= 0.3 is 0 Å². The maximum absolute atomic E-state index is 12.7. The number of likely N-dealkylation sites (tertiary alicyclic amines) is 1. The van der Waals surface area contributed by atoms with E-state index in [1.54, 1.807) is 6.20 Å². The van der Waals surface area contributed by atoms with Gasteiger partial charge in [0.1, 0.15) is 5.75 Å². The largest absolute Gasteiger partial charge is 0.494 e. The van der Waals surface area contributed by atoms with Crippen molar-refractivity contribution in [3.05, 3.63) is 72.2 Å². The van der Waals surface area contributed by atoms with Gasteiger partial charge in [0.05, 0.1) is 12.8 Å². The summed E-state index contributed by atoms with van der Waals surface area (Å²) in [5.74, 6) is 3.20. The fourth-order valence-electron chi connectivity index (χ4n) is 4.29. The summed E-state index contributed by atoms with van der Waals surface area (Å²) in [6.07, 6.45) is 7.16. The van der Waals surface area contributed by atoms with Crippen LogP contribution in [-0.4, -0.2) is 35.5 Å². The van der Waals surface area contributed by atoms with Crippen LogP contribution in [0.2, 0.25) is 0 Å². The lowest BCUT2D eigenvalue weighted by atomic mass is 9.90. The number of piperidine rings is 1. The molecule has 0 unspecified atom stereocenters. The standard InChI is InChI=1S/C27H32N2O3/c1-2-31-24-12-10-21(11-13-24)8-9-22-16-18-29(19-17-22)27(30)15-14-26-28-20-25(32-26)23-6-4-3-5-7-23/h3-7,10-13,20,22H,2,8-9,14-19H2,1H3.